The summed E-state index contributed by atoms with van der Waals surface area (Å²) in [7, 11) is 1.76. The number of nitrogens with zero attached hydrogens (tertiary/aromatic N) is 3. The van der Waals surface area contributed by atoms with Crippen molar-refractivity contribution in [1.82, 2.24) is 20.2 Å². The molecule has 112 valence electrons. The Bertz CT molecular complexity index is 544. The van der Waals surface area contributed by atoms with Gasteiger partial charge in [-0.3, -0.25) is 9.97 Å². The van der Waals surface area contributed by atoms with E-state index in [9.17, 15) is 4.79 Å². The molecule has 6 heteroatoms. The molecule has 2 rings (SSSR count). The van der Waals surface area contributed by atoms with E-state index in [1.54, 1.807) is 41.9 Å². The minimum atomic E-state index is -0.0846. The molecule has 0 spiro atoms. The Hall–Kier alpha value is -1.95. The van der Waals surface area contributed by atoms with Gasteiger partial charge in [0.15, 0.2) is 0 Å². The molecule has 2 aromatic heterocycles. The lowest BCUT2D eigenvalue weighted by Crippen LogP contribution is -2.39. The van der Waals surface area contributed by atoms with Crippen LogP contribution in [0.1, 0.15) is 17.5 Å². The van der Waals surface area contributed by atoms with Crippen LogP contribution in [0.25, 0.3) is 0 Å². The van der Waals surface area contributed by atoms with Crippen LogP contribution in [-0.4, -0.2) is 34.5 Å². The highest BCUT2D eigenvalue weighted by molar-refractivity contribution is 7.09. The fraction of sp³-hybridized carbons (Fsp3) is 0.400. The number of thiophene rings is 1. The number of hydrogen-bond acceptors (Lipinski definition) is 4. The molecule has 1 atom stereocenters. The van der Waals surface area contributed by atoms with Gasteiger partial charge in [-0.1, -0.05) is 13.0 Å². The zero-order chi connectivity index (χ0) is 15.1. The fourth-order valence-electron chi connectivity index (χ4n) is 1.97. The van der Waals surface area contributed by atoms with Gasteiger partial charge in [-0.05, 0) is 23.8 Å². The molecule has 0 saturated heterocycles. The second kappa shape index (κ2) is 7.73. The third-order valence-corrected chi connectivity index (χ3v) is 3.99. The number of urea groups is 1. The van der Waals surface area contributed by atoms with Crippen LogP contribution in [0.2, 0.25) is 0 Å². The molecule has 0 aliphatic carbocycles. The van der Waals surface area contributed by atoms with Crippen LogP contribution in [-0.2, 0) is 13.0 Å². The number of hydrogen-bond donors (Lipinski definition) is 1. The maximum Gasteiger partial charge on any atom is 0.317 e. The quantitative estimate of drug-likeness (QED) is 0.892. The molecule has 0 aliphatic rings. The highest BCUT2D eigenvalue weighted by Gasteiger charge is 2.11. The lowest BCUT2D eigenvalue weighted by Gasteiger charge is -2.19. The standard InChI is InChI=1S/C15H20N4OS/c1-12(8-14-4-3-7-21-14)9-18-15(20)19(2)11-13-10-16-5-6-17-13/h3-7,10,12H,8-9,11H2,1-2H3,(H,18,20)/t12-/m1/s1. The zero-order valence-corrected chi connectivity index (χ0v) is 13.1. The Kier molecular flexibility index (Phi) is 5.68. The van der Waals surface area contributed by atoms with Crippen molar-refractivity contribution >= 4 is 17.4 Å². The van der Waals surface area contributed by atoms with E-state index in [2.05, 4.69) is 39.7 Å². The molecule has 0 aliphatic heterocycles. The van der Waals surface area contributed by atoms with Crippen molar-refractivity contribution in [3.8, 4) is 0 Å². The summed E-state index contributed by atoms with van der Waals surface area (Å²) >= 11 is 1.76. The smallest absolute Gasteiger partial charge is 0.317 e. The molecule has 0 unspecified atom stereocenters. The van der Waals surface area contributed by atoms with Crippen molar-refractivity contribution in [1.29, 1.82) is 0 Å². The summed E-state index contributed by atoms with van der Waals surface area (Å²) in [6.45, 7) is 3.27. The molecule has 2 aromatic rings. The van der Waals surface area contributed by atoms with Gasteiger partial charge in [0.25, 0.3) is 0 Å². The van der Waals surface area contributed by atoms with Crippen molar-refractivity contribution in [2.45, 2.75) is 19.9 Å². The van der Waals surface area contributed by atoms with Gasteiger partial charge in [-0.2, -0.15) is 0 Å². The fourth-order valence-corrected chi connectivity index (χ4v) is 2.84. The van der Waals surface area contributed by atoms with Gasteiger partial charge in [0, 0.05) is 30.9 Å². The number of carbonyl (C=O) groups excluding carboxylic acids is 1. The molecule has 2 heterocycles. The molecule has 0 saturated carbocycles. The van der Waals surface area contributed by atoms with Gasteiger partial charge in [-0.15, -0.1) is 11.3 Å². The first-order valence-corrected chi connectivity index (χ1v) is 7.79. The lowest BCUT2D eigenvalue weighted by atomic mass is 10.1. The highest BCUT2D eigenvalue weighted by Crippen LogP contribution is 2.13. The van der Waals surface area contributed by atoms with Gasteiger partial charge >= 0.3 is 6.03 Å². The maximum atomic E-state index is 12.0. The van der Waals surface area contributed by atoms with Crippen LogP contribution in [0.4, 0.5) is 4.79 Å². The minimum Gasteiger partial charge on any atom is -0.338 e. The summed E-state index contributed by atoms with van der Waals surface area (Å²) in [5.41, 5.74) is 0.779. The van der Waals surface area contributed by atoms with E-state index < -0.39 is 0 Å². The first-order chi connectivity index (χ1) is 10.1. The number of amides is 2. The van der Waals surface area contributed by atoms with Crippen molar-refractivity contribution in [2.24, 2.45) is 5.92 Å². The predicted molar refractivity (Wildman–Crippen MR) is 84.1 cm³/mol. The van der Waals surface area contributed by atoms with E-state index in [1.807, 2.05) is 0 Å². The molecule has 2 amide bonds. The van der Waals surface area contributed by atoms with E-state index in [-0.39, 0.29) is 6.03 Å². The van der Waals surface area contributed by atoms with E-state index in [4.69, 9.17) is 0 Å². The van der Waals surface area contributed by atoms with E-state index >= 15 is 0 Å². The molecule has 0 aromatic carbocycles. The number of rotatable bonds is 6. The van der Waals surface area contributed by atoms with Gasteiger partial charge in [0.1, 0.15) is 0 Å². The lowest BCUT2D eigenvalue weighted by molar-refractivity contribution is 0.204. The molecular weight excluding hydrogens is 284 g/mol. The van der Waals surface area contributed by atoms with Crippen LogP contribution in [0.15, 0.2) is 36.1 Å². The average molecular weight is 304 g/mol. The summed E-state index contributed by atoms with van der Waals surface area (Å²) in [5, 5.41) is 5.04. The largest absolute Gasteiger partial charge is 0.338 e. The summed E-state index contributed by atoms with van der Waals surface area (Å²) in [5.74, 6) is 0.414. The van der Waals surface area contributed by atoms with Crippen LogP contribution in [0, 0.1) is 5.92 Å². The van der Waals surface area contributed by atoms with E-state index in [0.717, 1.165) is 12.1 Å². The first-order valence-electron chi connectivity index (χ1n) is 6.91. The number of nitrogens with one attached hydrogen (secondary N) is 1. The van der Waals surface area contributed by atoms with Crippen molar-refractivity contribution in [3.63, 3.8) is 0 Å². The van der Waals surface area contributed by atoms with Crippen LogP contribution < -0.4 is 5.32 Å². The third-order valence-electron chi connectivity index (χ3n) is 3.09. The molecule has 1 N–H and O–H groups in total. The molecule has 0 fully saturated rings. The van der Waals surface area contributed by atoms with Gasteiger partial charge in [0.2, 0.25) is 0 Å². The molecule has 0 radical (unpaired) electrons. The summed E-state index contributed by atoms with van der Waals surface area (Å²) < 4.78 is 0. The molecular formula is C15H20N4OS. The predicted octanol–water partition coefficient (Wildman–Crippen LogP) is 2.56. The normalized spacial score (nSPS) is 11.9. The van der Waals surface area contributed by atoms with Crippen molar-refractivity contribution in [2.75, 3.05) is 13.6 Å². The van der Waals surface area contributed by atoms with Gasteiger partial charge < -0.3 is 10.2 Å². The van der Waals surface area contributed by atoms with Crippen molar-refractivity contribution < 1.29 is 4.79 Å². The first kappa shape index (κ1) is 15.4. The molecule has 5 nitrogen and oxygen atoms in total. The maximum absolute atomic E-state index is 12.0. The molecule has 21 heavy (non-hydrogen) atoms. The number of aromatic nitrogens is 2. The second-order valence-corrected chi connectivity index (χ2v) is 6.16. The van der Waals surface area contributed by atoms with E-state index in [0.29, 0.717) is 19.0 Å². The summed E-state index contributed by atoms with van der Waals surface area (Å²) in [4.78, 5) is 23.1. The second-order valence-electron chi connectivity index (χ2n) is 5.13. The van der Waals surface area contributed by atoms with Gasteiger partial charge in [-0.25, -0.2) is 4.79 Å². The van der Waals surface area contributed by atoms with Crippen LogP contribution in [0.5, 0.6) is 0 Å². The topological polar surface area (TPSA) is 58.1 Å². The monoisotopic (exact) mass is 304 g/mol. The highest BCUT2D eigenvalue weighted by atomic mass is 32.1. The SMILES string of the molecule is C[C@@H](CNC(=O)N(C)Cc1cnccn1)Cc1cccs1. The summed E-state index contributed by atoms with van der Waals surface area (Å²) in [6, 6.07) is 4.10. The Morgan fingerprint density at radius 1 is 1.48 bits per heavy atom. The van der Waals surface area contributed by atoms with Crippen molar-refractivity contribution in [3.05, 3.63) is 46.7 Å². The average Bonchev–Trinajstić information content (AvgIpc) is 2.98. The van der Waals surface area contributed by atoms with Gasteiger partial charge in [0.05, 0.1) is 18.4 Å². The summed E-state index contributed by atoms with van der Waals surface area (Å²) in [6.07, 6.45) is 5.91. The Morgan fingerprint density at radius 2 is 2.33 bits per heavy atom. The minimum absolute atomic E-state index is 0.0846. The number of carbonyl (C=O) groups is 1. The molecule has 0 bridgehead atoms. The Morgan fingerprint density at radius 3 is 3.00 bits per heavy atom. The van der Waals surface area contributed by atoms with Crippen LogP contribution in [0.3, 0.4) is 0 Å². The Balaban J connectivity index is 1.73. The Labute approximate surface area is 129 Å². The third kappa shape index (κ3) is 5.15. The van der Waals surface area contributed by atoms with E-state index in [1.165, 1.54) is 4.88 Å². The zero-order valence-electron chi connectivity index (χ0n) is 12.3. The van der Waals surface area contributed by atoms with Crippen LogP contribution >= 0.6 is 11.3 Å².